The van der Waals surface area contributed by atoms with E-state index in [-0.39, 0.29) is 5.78 Å². The predicted octanol–water partition coefficient (Wildman–Crippen LogP) is 3.36. The van der Waals surface area contributed by atoms with Crippen LogP contribution in [0.3, 0.4) is 0 Å². The summed E-state index contributed by atoms with van der Waals surface area (Å²) in [4.78, 5) is 16.5. The van der Waals surface area contributed by atoms with E-state index >= 15 is 0 Å². The maximum Gasteiger partial charge on any atom is 0.195 e. The number of fused-ring (bicyclic) bond motifs is 1. The van der Waals surface area contributed by atoms with Crippen LogP contribution in [0.1, 0.15) is 28.2 Å². The second kappa shape index (κ2) is 6.54. The molecule has 0 aliphatic carbocycles. The van der Waals surface area contributed by atoms with E-state index in [1.165, 1.54) is 0 Å². The second-order valence-electron chi connectivity index (χ2n) is 5.23. The summed E-state index contributed by atoms with van der Waals surface area (Å²) in [7, 11) is 1.91. The molecule has 1 heterocycles. The van der Waals surface area contributed by atoms with Crippen molar-refractivity contribution in [1.82, 2.24) is 10.3 Å². The van der Waals surface area contributed by atoms with Crippen LogP contribution in [-0.2, 0) is 13.0 Å². The van der Waals surface area contributed by atoms with Gasteiger partial charge in [0.25, 0.3) is 0 Å². The molecule has 4 heteroatoms. The zero-order valence-corrected chi connectivity index (χ0v) is 12.5. The fourth-order valence-electron chi connectivity index (χ4n) is 2.43. The number of carbonyl (C=O) groups is 1. The Bertz CT molecular complexity index is 778. The van der Waals surface area contributed by atoms with Crippen LogP contribution < -0.4 is 5.32 Å². The maximum atomic E-state index is 12.1. The Labute approximate surface area is 129 Å². The summed E-state index contributed by atoms with van der Waals surface area (Å²) in [5.41, 5.74) is 3.49. The van der Waals surface area contributed by atoms with Crippen LogP contribution in [-0.4, -0.2) is 17.8 Å². The van der Waals surface area contributed by atoms with E-state index in [4.69, 9.17) is 4.42 Å². The minimum Gasteiger partial charge on any atom is -0.441 e. The Balaban J connectivity index is 1.70. The highest BCUT2D eigenvalue weighted by molar-refractivity contribution is 5.96. The number of hydrogen-bond acceptors (Lipinski definition) is 4. The number of aryl methyl sites for hydroxylation is 1. The number of nitrogens with zero attached hydrogens (tertiary/aromatic N) is 1. The third kappa shape index (κ3) is 3.23. The van der Waals surface area contributed by atoms with Gasteiger partial charge in [-0.2, -0.15) is 0 Å². The number of hydrogen-bond donors (Lipinski definition) is 1. The number of Topliss-reactive ketones (excluding diaryl/α,β-unsaturated/α-hetero) is 1. The minimum absolute atomic E-state index is 0.110. The third-order valence-electron chi connectivity index (χ3n) is 3.54. The van der Waals surface area contributed by atoms with Crippen molar-refractivity contribution in [3.05, 3.63) is 65.5 Å². The van der Waals surface area contributed by atoms with E-state index in [0.717, 1.165) is 28.8 Å². The van der Waals surface area contributed by atoms with Gasteiger partial charge in [-0.15, -0.1) is 0 Å². The first kappa shape index (κ1) is 14.5. The molecule has 3 rings (SSSR count). The number of oxazole rings is 1. The average molecular weight is 294 g/mol. The number of aromatic nitrogens is 1. The summed E-state index contributed by atoms with van der Waals surface area (Å²) in [5, 5.41) is 3.11. The molecule has 0 saturated carbocycles. The molecule has 0 spiro atoms. The highest BCUT2D eigenvalue weighted by atomic mass is 16.3. The summed E-state index contributed by atoms with van der Waals surface area (Å²) < 4.78 is 5.75. The fraction of sp³-hybridized carbons (Fsp3) is 0.222. The zero-order valence-electron chi connectivity index (χ0n) is 12.5. The number of benzene rings is 2. The molecule has 0 unspecified atom stereocenters. The Hall–Kier alpha value is -2.46. The molecule has 2 aromatic carbocycles. The molecule has 112 valence electrons. The maximum absolute atomic E-state index is 12.1. The van der Waals surface area contributed by atoms with Crippen LogP contribution in [0, 0.1) is 0 Å². The molecular weight excluding hydrogens is 276 g/mol. The van der Waals surface area contributed by atoms with E-state index < -0.39 is 0 Å². The van der Waals surface area contributed by atoms with Crippen LogP contribution >= 0.6 is 0 Å². The van der Waals surface area contributed by atoms with Crippen LogP contribution in [0.2, 0.25) is 0 Å². The van der Waals surface area contributed by atoms with E-state index in [9.17, 15) is 4.79 Å². The first-order chi connectivity index (χ1) is 10.8. The van der Waals surface area contributed by atoms with Crippen molar-refractivity contribution in [2.24, 2.45) is 0 Å². The highest BCUT2D eigenvalue weighted by Gasteiger charge is 2.10. The van der Waals surface area contributed by atoms with Crippen molar-refractivity contribution in [3.63, 3.8) is 0 Å². The predicted molar refractivity (Wildman–Crippen MR) is 85.9 cm³/mol. The third-order valence-corrected chi connectivity index (χ3v) is 3.54. The quantitative estimate of drug-likeness (QED) is 0.708. The van der Waals surface area contributed by atoms with Gasteiger partial charge in [-0.25, -0.2) is 4.98 Å². The summed E-state index contributed by atoms with van der Waals surface area (Å²) in [6.07, 6.45) is 0.921. The monoisotopic (exact) mass is 294 g/mol. The first-order valence-electron chi connectivity index (χ1n) is 7.37. The van der Waals surface area contributed by atoms with Crippen molar-refractivity contribution in [1.29, 1.82) is 0 Å². The van der Waals surface area contributed by atoms with Crippen molar-refractivity contribution in [3.8, 4) is 0 Å². The van der Waals surface area contributed by atoms with Gasteiger partial charge in [0.05, 0.1) is 0 Å². The molecule has 22 heavy (non-hydrogen) atoms. The molecule has 0 radical (unpaired) electrons. The van der Waals surface area contributed by atoms with Crippen LogP contribution in [0.15, 0.2) is 52.9 Å². The first-order valence-corrected chi connectivity index (χ1v) is 7.37. The van der Waals surface area contributed by atoms with Gasteiger partial charge in [0.2, 0.25) is 0 Å². The standard InChI is InChI=1S/C18H18N2O2/c1-19-12-13-7-8-15-17(11-13)22-18(20-15)10-9-16(21)14-5-3-2-4-6-14/h2-8,11,19H,9-10,12H2,1H3. The Kier molecular flexibility index (Phi) is 4.30. The Morgan fingerprint density at radius 3 is 2.77 bits per heavy atom. The van der Waals surface area contributed by atoms with Crippen LogP contribution in [0.25, 0.3) is 11.1 Å². The number of carbonyl (C=O) groups excluding carboxylic acids is 1. The van der Waals surface area contributed by atoms with Gasteiger partial charge in [-0.3, -0.25) is 4.79 Å². The Morgan fingerprint density at radius 2 is 2.00 bits per heavy atom. The number of rotatable bonds is 6. The molecule has 0 atom stereocenters. The molecule has 0 fully saturated rings. The van der Waals surface area contributed by atoms with Gasteiger partial charge in [-0.1, -0.05) is 36.4 Å². The van der Waals surface area contributed by atoms with Crippen molar-refractivity contribution in [2.75, 3.05) is 7.05 Å². The molecule has 1 N–H and O–H groups in total. The van der Waals surface area contributed by atoms with Gasteiger partial charge in [-0.05, 0) is 24.7 Å². The molecule has 0 saturated heterocycles. The summed E-state index contributed by atoms with van der Waals surface area (Å²) in [6, 6.07) is 15.3. The molecular formula is C18H18N2O2. The number of nitrogens with one attached hydrogen (secondary N) is 1. The average Bonchev–Trinajstić information content (AvgIpc) is 2.96. The van der Waals surface area contributed by atoms with Gasteiger partial charge in [0.15, 0.2) is 17.3 Å². The van der Waals surface area contributed by atoms with Gasteiger partial charge in [0.1, 0.15) is 5.52 Å². The van der Waals surface area contributed by atoms with Gasteiger partial charge >= 0.3 is 0 Å². The number of ketones is 1. The minimum atomic E-state index is 0.110. The van der Waals surface area contributed by atoms with E-state index in [1.54, 1.807) is 0 Å². The Morgan fingerprint density at radius 1 is 1.18 bits per heavy atom. The summed E-state index contributed by atoms with van der Waals surface area (Å²) in [6.45, 7) is 0.790. The molecule has 0 amide bonds. The fourth-order valence-corrected chi connectivity index (χ4v) is 2.43. The van der Waals surface area contributed by atoms with E-state index in [0.29, 0.717) is 18.7 Å². The smallest absolute Gasteiger partial charge is 0.195 e. The van der Waals surface area contributed by atoms with Crippen molar-refractivity contribution in [2.45, 2.75) is 19.4 Å². The molecule has 0 aliphatic heterocycles. The lowest BCUT2D eigenvalue weighted by atomic mass is 10.1. The molecule has 0 aliphatic rings. The second-order valence-corrected chi connectivity index (χ2v) is 5.23. The molecule has 0 bridgehead atoms. The van der Waals surface area contributed by atoms with Crippen LogP contribution in [0.4, 0.5) is 0 Å². The zero-order chi connectivity index (χ0) is 15.4. The van der Waals surface area contributed by atoms with Crippen LogP contribution in [0.5, 0.6) is 0 Å². The SMILES string of the molecule is CNCc1ccc2nc(CCC(=O)c3ccccc3)oc2c1. The summed E-state index contributed by atoms with van der Waals surface area (Å²) in [5.74, 6) is 0.722. The highest BCUT2D eigenvalue weighted by Crippen LogP contribution is 2.19. The van der Waals surface area contributed by atoms with E-state index in [2.05, 4.69) is 10.3 Å². The topological polar surface area (TPSA) is 55.1 Å². The molecule has 1 aromatic heterocycles. The summed E-state index contributed by atoms with van der Waals surface area (Å²) >= 11 is 0. The lowest BCUT2D eigenvalue weighted by Crippen LogP contribution is -2.04. The lowest BCUT2D eigenvalue weighted by molar-refractivity contribution is 0.0980. The lowest BCUT2D eigenvalue weighted by Gasteiger charge is -1.98. The van der Waals surface area contributed by atoms with E-state index in [1.807, 2.05) is 55.6 Å². The van der Waals surface area contributed by atoms with Crippen molar-refractivity contribution < 1.29 is 9.21 Å². The van der Waals surface area contributed by atoms with Crippen molar-refractivity contribution >= 4 is 16.9 Å². The molecule has 3 aromatic rings. The molecule has 4 nitrogen and oxygen atoms in total. The van der Waals surface area contributed by atoms with Gasteiger partial charge in [0, 0.05) is 24.9 Å². The van der Waals surface area contributed by atoms with Gasteiger partial charge < -0.3 is 9.73 Å². The normalized spacial score (nSPS) is 11.0. The largest absolute Gasteiger partial charge is 0.441 e.